The molecule has 0 aliphatic carbocycles. The first-order valence-electron chi connectivity index (χ1n) is 10.0. The number of aromatic nitrogens is 1. The summed E-state index contributed by atoms with van der Waals surface area (Å²) in [4.78, 5) is 20.0. The average Bonchev–Trinajstić information content (AvgIpc) is 3.42. The van der Waals surface area contributed by atoms with E-state index in [0.717, 1.165) is 13.0 Å². The van der Waals surface area contributed by atoms with Crippen LogP contribution in [0.25, 0.3) is 0 Å². The van der Waals surface area contributed by atoms with E-state index in [1.807, 2.05) is 4.90 Å². The first-order chi connectivity index (χ1) is 14.3. The molecule has 3 rings (SSSR count). The number of hydrogen-bond donors (Lipinski definition) is 1. The smallest absolute Gasteiger partial charge is 0.243 e. The van der Waals surface area contributed by atoms with Gasteiger partial charge in [-0.2, -0.15) is 4.31 Å². The number of likely N-dealkylation sites (N-methyl/N-ethyl adjacent to an activating group) is 1. The summed E-state index contributed by atoms with van der Waals surface area (Å²) in [5, 5.41) is 7.04. The van der Waals surface area contributed by atoms with Gasteiger partial charge in [0.1, 0.15) is 18.6 Å². The SMILES string of the molecule is CN(C)C(=O)CN=C(NCC1CCOC1)N1CCN(S(=O)(=O)Cc2ccon2)CC1. The van der Waals surface area contributed by atoms with E-state index in [4.69, 9.17) is 9.26 Å². The molecule has 2 aliphatic heterocycles. The molecule has 1 amide bonds. The fourth-order valence-electron chi connectivity index (χ4n) is 3.30. The summed E-state index contributed by atoms with van der Waals surface area (Å²) in [5.41, 5.74) is 0.391. The summed E-state index contributed by atoms with van der Waals surface area (Å²) in [5.74, 6) is 0.767. The molecular formula is C18H30N6O5S. The molecule has 2 saturated heterocycles. The van der Waals surface area contributed by atoms with Gasteiger partial charge in [-0.25, -0.2) is 13.4 Å². The zero-order valence-electron chi connectivity index (χ0n) is 17.5. The number of guanidine groups is 1. The lowest BCUT2D eigenvalue weighted by Gasteiger charge is -2.36. The van der Waals surface area contributed by atoms with Gasteiger partial charge in [0.05, 0.1) is 12.3 Å². The highest BCUT2D eigenvalue weighted by atomic mass is 32.2. The highest BCUT2D eigenvalue weighted by Crippen LogP contribution is 2.14. The van der Waals surface area contributed by atoms with Crippen molar-refractivity contribution in [1.82, 2.24) is 24.6 Å². The second-order valence-corrected chi connectivity index (χ2v) is 9.64. The molecule has 1 unspecified atom stereocenters. The number of ether oxygens (including phenoxy) is 1. The lowest BCUT2D eigenvalue weighted by atomic mass is 10.1. The largest absolute Gasteiger partial charge is 0.381 e. The number of aliphatic imine (C=N–C) groups is 1. The van der Waals surface area contributed by atoms with Crippen LogP contribution in [0.5, 0.6) is 0 Å². The van der Waals surface area contributed by atoms with Crippen LogP contribution in [0.1, 0.15) is 12.1 Å². The molecule has 0 saturated carbocycles. The minimum Gasteiger partial charge on any atom is -0.381 e. The predicted molar refractivity (Wildman–Crippen MR) is 110 cm³/mol. The third-order valence-electron chi connectivity index (χ3n) is 5.19. The average molecular weight is 443 g/mol. The van der Waals surface area contributed by atoms with Crippen molar-refractivity contribution in [3.8, 4) is 0 Å². The first-order valence-corrected chi connectivity index (χ1v) is 11.6. The highest BCUT2D eigenvalue weighted by Gasteiger charge is 2.29. The molecule has 0 radical (unpaired) electrons. The molecule has 168 valence electrons. The molecule has 11 nitrogen and oxygen atoms in total. The highest BCUT2D eigenvalue weighted by molar-refractivity contribution is 7.88. The number of rotatable bonds is 7. The summed E-state index contributed by atoms with van der Waals surface area (Å²) in [6.07, 6.45) is 2.35. The van der Waals surface area contributed by atoms with Gasteiger partial charge < -0.3 is 24.4 Å². The van der Waals surface area contributed by atoms with Gasteiger partial charge in [-0.05, 0) is 6.42 Å². The maximum Gasteiger partial charge on any atom is 0.243 e. The number of nitrogens with one attached hydrogen (secondary N) is 1. The van der Waals surface area contributed by atoms with Crippen LogP contribution in [-0.2, 0) is 25.3 Å². The van der Waals surface area contributed by atoms with Gasteiger partial charge >= 0.3 is 0 Å². The van der Waals surface area contributed by atoms with Gasteiger partial charge in [-0.15, -0.1) is 0 Å². The molecule has 12 heteroatoms. The lowest BCUT2D eigenvalue weighted by molar-refractivity contribution is -0.127. The second kappa shape index (κ2) is 10.2. The fraction of sp³-hybridized carbons (Fsp3) is 0.722. The van der Waals surface area contributed by atoms with E-state index in [0.29, 0.717) is 56.9 Å². The number of sulfonamides is 1. The van der Waals surface area contributed by atoms with Gasteiger partial charge in [-0.3, -0.25) is 4.79 Å². The van der Waals surface area contributed by atoms with Crippen molar-refractivity contribution in [2.75, 3.05) is 66.6 Å². The standard InChI is InChI=1S/C18H30N6O5S/c1-22(2)17(25)12-20-18(19-11-15-3-9-28-13-15)23-5-7-24(8-6-23)30(26,27)14-16-4-10-29-21-16/h4,10,15H,3,5-9,11-14H2,1-2H3,(H,19,20). The third kappa shape index (κ3) is 6.16. The number of nitrogens with zero attached hydrogens (tertiary/aromatic N) is 5. The van der Waals surface area contributed by atoms with Crippen molar-refractivity contribution in [2.24, 2.45) is 10.9 Å². The normalized spacial score (nSPS) is 21.1. The Morgan fingerprint density at radius 3 is 2.70 bits per heavy atom. The lowest BCUT2D eigenvalue weighted by Crippen LogP contribution is -2.54. The molecule has 1 N–H and O–H groups in total. The molecule has 2 fully saturated rings. The topological polar surface area (TPSA) is 121 Å². The van der Waals surface area contributed by atoms with E-state index >= 15 is 0 Å². The summed E-state index contributed by atoms with van der Waals surface area (Å²) >= 11 is 0. The molecule has 2 aliphatic rings. The van der Waals surface area contributed by atoms with Crippen molar-refractivity contribution < 1.29 is 22.5 Å². The summed E-state index contributed by atoms with van der Waals surface area (Å²) in [6, 6.07) is 1.55. The Bertz CT molecular complexity index is 812. The van der Waals surface area contributed by atoms with Crippen molar-refractivity contribution in [3.05, 3.63) is 18.0 Å². The molecule has 1 aromatic rings. The Morgan fingerprint density at radius 1 is 1.33 bits per heavy atom. The summed E-state index contributed by atoms with van der Waals surface area (Å²) < 4.78 is 36.9. The molecule has 1 atom stereocenters. The fourth-order valence-corrected chi connectivity index (χ4v) is 4.72. The Labute approximate surface area is 177 Å². The number of piperazine rings is 1. The Morgan fingerprint density at radius 2 is 2.10 bits per heavy atom. The van der Waals surface area contributed by atoms with Crippen molar-refractivity contribution in [1.29, 1.82) is 0 Å². The number of amides is 1. The van der Waals surface area contributed by atoms with Gasteiger partial charge in [0.25, 0.3) is 0 Å². The van der Waals surface area contributed by atoms with Crippen LogP contribution in [-0.4, -0.2) is 106 Å². The van der Waals surface area contributed by atoms with E-state index in [2.05, 4.69) is 15.5 Å². The van der Waals surface area contributed by atoms with E-state index in [9.17, 15) is 13.2 Å². The quantitative estimate of drug-likeness (QED) is 0.430. The zero-order valence-corrected chi connectivity index (χ0v) is 18.3. The van der Waals surface area contributed by atoms with Crippen LogP contribution >= 0.6 is 0 Å². The van der Waals surface area contributed by atoms with Crippen molar-refractivity contribution >= 4 is 21.9 Å². The van der Waals surface area contributed by atoms with Crippen LogP contribution in [0.3, 0.4) is 0 Å². The molecule has 3 heterocycles. The zero-order chi connectivity index (χ0) is 21.6. The van der Waals surface area contributed by atoms with Crippen molar-refractivity contribution in [2.45, 2.75) is 12.2 Å². The summed E-state index contributed by atoms with van der Waals surface area (Å²) in [7, 11) is -0.0836. The second-order valence-electron chi connectivity index (χ2n) is 7.67. The van der Waals surface area contributed by atoms with Gasteiger partial charge in [-0.1, -0.05) is 5.16 Å². The maximum atomic E-state index is 12.6. The minimum absolute atomic E-state index is 0.0428. The molecule has 0 bridgehead atoms. The first kappa shape index (κ1) is 22.5. The predicted octanol–water partition coefficient (Wildman–Crippen LogP) is -0.808. The van der Waals surface area contributed by atoms with E-state index in [-0.39, 0.29) is 18.2 Å². The van der Waals surface area contributed by atoms with E-state index in [1.165, 1.54) is 15.5 Å². The Balaban J connectivity index is 1.59. The monoisotopic (exact) mass is 442 g/mol. The van der Waals surface area contributed by atoms with E-state index in [1.54, 1.807) is 20.2 Å². The summed E-state index contributed by atoms with van der Waals surface area (Å²) in [6.45, 7) is 3.89. The number of carbonyl (C=O) groups is 1. The van der Waals surface area contributed by atoms with Crippen LogP contribution in [0, 0.1) is 5.92 Å². The van der Waals surface area contributed by atoms with Crippen LogP contribution in [0.4, 0.5) is 0 Å². The van der Waals surface area contributed by atoms with E-state index < -0.39 is 10.0 Å². The molecule has 0 spiro atoms. The van der Waals surface area contributed by atoms with Crippen LogP contribution in [0.2, 0.25) is 0 Å². The Hall–Kier alpha value is -2.18. The van der Waals surface area contributed by atoms with Crippen LogP contribution < -0.4 is 5.32 Å². The molecule has 0 aromatic carbocycles. The number of carbonyl (C=O) groups excluding carboxylic acids is 1. The molecule has 1 aromatic heterocycles. The third-order valence-corrected chi connectivity index (χ3v) is 7.00. The molecular weight excluding hydrogens is 412 g/mol. The van der Waals surface area contributed by atoms with Gasteiger partial charge in [0.15, 0.2) is 5.96 Å². The van der Waals surface area contributed by atoms with Gasteiger partial charge in [0, 0.05) is 65.4 Å². The van der Waals surface area contributed by atoms with Crippen LogP contribution in [0.15, 0.2) is 21.8 Å². The minimum atomic E-state index is -3.47. The Kier molecular flexibility index (Phi) is 7.67. The van der Waals surface area contributed by atoms with Crippen molar-refractivity contribution in [3.63, 3.8) is 0 Å². The van der Waals surface area contributed by atoms with Gasteiger partial charge in [0.2, 0.25) is 15.9 Å². The molecule has 30 heavy (non-hydrogen) atoms. The number of hydrogen-bond acceptors (Lipinski definition) is 7. The maximum absolute atomic E-state index is 12.6.